The lowest BCUT2D eigenvalue weighted by molar-refractivity contribution is -0.123. The molecule has 0 spiro atoms. The van der Waals surface area contributed by atoms with Crippen LogP contribution in [0.4, 0.5) is 8.78 Å². The van der Waals surface area contributed by atoms with Crippen molar-refractivity contribution in [2.75, 3.05) is 19.8 Å². The highest BCUT2D eigenvalue weighted by atomic mass is 19.1. The van der Waals surface area contributed by atoms with Gasteiger partial charge in [-0.05, 0) is 31.4 Å². The molecule has 1 aliphatic rings. The van der Waals surface area contributed by atoms with Crippen LogP contribution in [0.2, 0.25) is 0 Å². The molecule has 0 heterocycles. The van der Waals surface area contributed by atoms with Gasteiger partial charge in [0.25, 0.3) is 5.91 Å². The van der Waals surface area contributed by atoms with Crippen LogP contribution in [0.25, 0.3) is 0 Å². The number of hydrogen-bond acceptors (Lipinski definition) is 3. The standard InChI is InChI=1S/C17H23F2NO3/c18-13-7-8-16(15(19)11-13)23-12-17(21)20-9-4-10-22-14-5-2-1-3-6-14/h7-8,11,14H,1-6,9-10,12H2,(H,20,21). The molecule has 1 aromatic carbocycles. The van der Waals surface area contributed by atoms with E-state index >= 15 is 0 Å². The Morgan fingerprint density at radius 3 is 2.74 bits per heavy atom. The summed E-state index contributed by atoms with van der Waals surface area (Å²) < 4.78 is 36.8. The van der Waals surface area contributed by atoms with E-state index in [2.05, 4.69) is 5.32 Å². The summed E-state index contributed by atoms with van der Waals surface area (Å²) in [5.74, 6) is -1.98. The lowest BCUT2D eigenvalue weighted by atomic mass is 9.98. The minimum Gasteiger partial charge on any atom is -0.481 e. The molecule has 1 amide bonds. The second kappa shape index (κ2) is 9.45. The number of hydrogen-bond donors (Lipinski definition) is 1. The van der Waals surface area contributed by atoms with E-state index < -0.39 is 11.6 Å². The van der Waals surface area contributed by atoms with Crippen LogP contribution in [0.1, 0.15) is 38.5 Å². The summed E-state index contributed by atoms with van der Waals surface area (Å²) in [5, 5.41) is 2.68. The van der Waals surface area contributed by atoms with Gasteiger partial charge >= 0.3 is 0 Å². The predicted molar refractivity (Wildman–Crippen MR) is 82.3 cm³/mol. The van der Waals surface area contributed by atoms with Crippen molar-refractivity contribution in [1.29, 1.82) is 0 Å². The molecule has 1 aliphatic carbocycles. The highest BCUT2D eigenvalue weighted by Crippen LogP contribution is 2.20. The molecule has 1 N–H and O–H groups in total. The Kier molecular flexibility index (Phi) is 7.26. The van der Waals surface area contributed by atoms with Gasteiger partial charge in [0.1, 0.15) is 5.82 Å². The molecule has 128 valence electrons. The van der Waals surface area contributed by atoms with Crippen LogP contribution in [-0.4, -0.2) is 31.8 Å². The van der Waals surface area contributed by atoms with Crippen LogP contribution in [-0.2, 0) is 9.53 Å². The first-order chi connectivity index (χ1) is 11.1. The Hall–Kier alpha value is -1.69. The van der Waals surface area contributed by atoms with E-state index in [0.717, 1.165) is 37.5 Å². The maximum atomic E-state index is 13.3. The first kappa shape index (κ1) is 17.7. The monoisotopic (exact) mass is 327 g/mol. The maximum absolute atomic E-state index is 13.3. The van der Waals surface area contributed by atoms with Gasteiger partial charge in [-0.1, -0.05) is 19.3 Å². The van der Waals surface area contributed by atoms with Crippen LogP contribution in [0.15, 0.2) is 18.2 Å². The van der Waals surface area contributed by atoms with Gasteiger partial charge in [0.15, 0.2) is 18.2 Å². The summed E-state index contributed by atoms with van der Waals surface area (Å²) >= 11 is 0. The van der Waals surface area contributed by atoms with Gasteiger partial charge in [0.05, 0.1) is 6.10 Å². The van der Waals surface area contributed by atoms with Gasteiger partial charge < -0.3 is 14.8 Å². The van der Waals surface area contributed by atoms with Crippen LogP contribution in [0.5, 0.6) is 5.75 Å². The van der Waals surface area contributed by atoms with E-state index in [1.165, 1.54) is 19.3 Å². The van der Waals surface area contributed by atoms with Crippen LogP contribution in [0, 0.1) is 11.6 Å². The van der Waals surface area contributed by atoms with Gasteiger partial charge in [-0.3, -0.25) is 4.79 Å². The number of carbonyl (C=O) groups excluding carboxylic acids is 1. The molecule has 1 aromatic rings. The highest BCUT2D eigenvalue weighted by molar-refractivity contribution is 5.77. The average Bonchev–Trinajstić information content (AvgIpc) is 2.54. The molecule has 1 saturated carbocycles. The molecular weight excluding hydrogens is 304 g/mol. The van der Waals surface area contributed by atoms with Crippen molar-refractivity contribution in [3.63, 3.8) is 0 Å². The summed E-state index contributed by atoms with van der Waals surface area (Å²) in [6.45, 7) is 0.811. The third-order valence-corrected chi connectivity index (χ3v) is 3.80. The third-order valence-electron chi connectivity index (χ3n) is 3.80. The normalized spacial score (nSPS) is 15.4. The number of rotatable bonds is 8. The Bertz CT molecular complexity index is 505. The second-order valence-electron chi connectivity index (χ2n) is 5.70. The molecule has 2 rings (SSSR count). The van der Waals surface area contributed by atoms with Crippen LogP contribution >= 0.6 is 0 Å². The SMILES string of the molecule is O=C(COc1ccc(F)cc1F)NCCCOC1CCCCC1. The van der Waals surface area contributed by atoms with Crippen molar-refractivity contribution >= 4 is 5.91 Å². The van der Waals surface area contributed by atoms with Gasteiger partial charge in [0, 0.05) is 19.2 Å². The van der Waals surface area contributed by atoms with Gasteiger partial charge in [0.2, 0.25) is 0 Å². The van der Waals surface area contributed by atoms with Crippen molar-refractivity contribution in [3.05, 3.63) is 29.8 Å². The Morgan fingerprint density at radius 2 is 2.00 bits per heavy atom. The topological polar surface area (TPSA) is 47.6 Å². The first-order valence-electron chi connectivity index (χ1n) is 8.11. The molecule has 0 saturated heterocycles. The van der Waals surface area contributed by atoms with Gasteiger partial charge in [-0.15, -0.1) is 0 Å². The average molecular weight is 327 g/mol. The Balaban J connectivity index is 1.54. The first-order valence-corrected chi connectivity index (χ1v) is 8.11. The van der Waals surface area contributed by atoms with E-state index in [0.29, 0.717) is 19.3 Å². The fraction of sp³-hybridized carbons (Fsp3) is 0.588. The Morgan fingerprint density at radius 1 is 1.22 bits per heavy atom. The lowest BCUT2D eigenvalue weighted by Gasteiger charge is -2.21. The minimum absolute atomic E-state index is 0.137. The molecule has 23 heavy (non-hydrogen) atoms. The van der Waals surface area contributed by atoms with E-state index in [-0.39, 0.29) is 18.3 Å². The van der Waals surface area contributed by atoms with Crippen LogP contribution < -0.4 is 10.1 Å². The molecule has 4 nitrogen and oxygen atoms in total. The van der Waals surface area contributed by atoms with Crippen molar-refractivity contribution in [2.45, 2.75) is 44.6 Å². The molecule has 0 atom stereocenters. The zero-order chi connectivity index (χ0) is 16.5. The molecule has 0 bridgehead atoms. The van der Waals surface area contributed by atoms with E-state index in [4.69, 9.17) is 9.47 Å². The fourth-order valence-corrected chi connectivity index (χ4v) is 2.57. The summed E-state index contributed by atoms with van der Waals surface area (Å²) in [6.07, 6.45) is 7.12. The third kappa shape index (κ3) is 6.52. The molecule has 0 aliphatic heterocycles. The molecule has 0 unspecified atom stereocenters. The van der Waals surface area contributed by atoms with Gasteiger partial charge in [-0.2, -0.15) is 0 Å². The molecule has 1 fully saturated rings. The van der Waals surface area contributed by atoms with Crippen molar-refractivity contribution in [2.24, 2.45) is 0 Å². The predicted octanol–water partition coefficient (Wildman–Crippen LogP) is 3.20. The second-order valence-corrected chi connectivity index (χ2v) is 5.70. The number of carbonyl (C=O) groups is 1. The quantitative estimate of drug-likeness (QED) is 0.746. The summed E-state index contributed by atoms with van der Waals surface area (Å²) in [4.78, 5) is 11.6. The maximum Gasteiger partial charge on any atom is 0.257 e. The molecule has 6 heteroatoms. The number of ether oxygens (including phenoxy) is 2. The fourth-order valence-electron chi connectivity index (χ4n) is 2.57. The van der Waals surface area contributed by atoms with Crippen LogP contribution in [0.3, 0.4) is 0 Å². The Labute approximate surface area is 135 Å². The highest BCUT2D eigenvalue weighted by Gasteiger charge is 2.13. The van der Waals surface area contributed by atoms with Crippen molar-refractivity contribution in [3.8, 4) is 5.75 Å². The smallest absolute Gasteiger partial charge is 0.257 e. The van der Waals surface area contributed by atoms with Gasteiger partial charge in [-0.25, -0.2) is 8.78 Å². The van der Waals surface area contributed by atoms with E-state index in [9.17, 15) is 13.6 Å². The minimum atomic E-state index is -0.821. The van der Waals surface area contributed by atoms with E-state index in [1.807, 2.05) is 0 Å². The zero-order valence-corrected chi connectivity index (χ0v) is 13.2. The molecular formula is C17H23F2NO3. The number of nitrogens with one attached hydrogen (secondary N) is 1. The number of halogens is 2. The summed E-state index contributed by atoms with van der Waals surface area (Å²) in [6, 6.07) is 2.96. The zero-order valence-electron chi connectivity index (χ0n) is 13.2. The molecule has 0 aromatic heterocycles. The van der Waals surface area contributed by atoms with Crippen molar-refractivity contribution < 1.29 is 23.0 Å². The summed E-state index contributed by atoms with van der Waals surface area (Å²) in [5.41, 5.74) is 0. The van der Waals surface area contributed by atoms with Crippen molar-refractivity contribution in [1.82, 2.24) is 5.32 Å². The summed E-state index contributed by atoms with van der Waals surface area (Å²) in [7, 11) is 0. The molecule has 0 radical (unpaired) electrons. The lowest BCUT2D eigenvalue weighted by Crippen LogP contribution is -2.30. The van der Waals surface area contributed by atoms with E-state index in [1.54, 1.807) is 0 Å². The number of amides is 1. The largest absolute Gasteiger partial charge is 0.481 e. The number of benzene rings is 1.